The van der Waals surface area contributed by atoms with Crippen LogP contribution >= 0.6 is 0 Å². The predicted molar refractivity (Wildman–Crippen MR) is 194 cm³/mol. The first-order chi connectivity index (χ1) is 21.7. The van der Waals surface area contributed by atoms with E-state index < -0.39 is 22.0 Å². The average Bonchev–Trinajstić information content (AvgIpc) is 2.97. The van der Waals surface area contributed by atoms with Crippen LogP contribution in [0.2, 0.25) is 0 Å². The molecule has 5 heteroatoms. The molecular formula is C40H84O4Zr. The van der Waals surface area contributed by atoms with E-state index in [9.17, 15) is 0 Å². The molecule has 0 heterocycles. The third-order valence-corrected chi connectivity index (χ3v) is 14.3. The second kappa shape index (κ2) is 33.2. The number of hydrogen-bond acceptors (Lipinski definition) is 4. The van der Waals surface area contributed by atoms with E-state index in [0.29, 0.717) is 0 Å². The van der Waals surface area contributed by atoms with E-state index in [1.165, 1.54) is 128 Å². The van der Waals surface area contributed by atoms with Gasteiger partial charge in [-0.25, -0.2) is 0 Å². The van der Waals surface area contributed by atoms with Gasteiger partial charge in [-0.3, -0.25) is 0 Å². The van der Waals surface area contributed by atoms with Crippen LogP contribution in [0.3, 0.4) is 0 Å². The monoisotopic (exact) mass is 719 g/mol. The van der Waals surface area contributed by atoms with E-state index in [4.69, 9.17) is 11.3 Å². The summed E-state index contributed by atoms with van der Waals surface area (Å²) in [5, 5.41) is 0. The molecule has 4 nitrogen and oxygen atoms in total. The number of hydrogen-bond donors (Lipinski definition) is 0. The van der Waals surface area contributed by atoms with Crippen molar-refractivity contribution in [3.05, 3.63) is 0 Å². The first-order valence-corrected chi connectivity index (χ1v) is 24.2. The molecule has 0 bridgehead atoms. The van der Waals surface area contributed by atoms with E-state index >= 15 is 0 Å². The Balaban J connectivity index is 4.92. The van der Waals surface area contributed by atoms with Crippen LogP contribution in [0.25, 0.3) is 0 Å². The van der Waals surface area contributed by atoms with Crippen molar-refractivity contribution >= 4 is 0 Å². The molecule has 0 aliphatic carbocycles. The van der Waals surface area contributed by atoms with Gasteiger partial charge in [-0.05, 0) is 0 Å². The molecule has 0 aliphatic rings. The molecule has 272 valence electrons. The summed E-state index contributed by atoms with van der Waals surface area (Å²) in [7, 11) is 0. The molecule has 0 N–H and O–H groups in total. The topological polar surface area (TPSA) is 36.9 Å². The minimum absolute atomic E-state index is 0.722. The molecule has 0 aromatic rings. The summed E-state index contributed by atoms with van der Waals surface area (Å²) in [5.74, 6) is 3.26. The quantitative estimate of drug-likeness (QED) is 0.0604. The zero-order chi connectivity index (χ0) is 33.4. The van der Waals surface area contributed by atoms with E-state index in [0.717, 1.165) is 75.8 Å². The van der Waals surface area contributed by atoms with Crippen molar-refractivity contribution < 1.29 is 33.3 Å². The van der Waals surface area contributed by atoms with Gasteiger partial charge in [-0.1, -0.05) is 0 Å². The van der Waals surface area contributed by atoms with Crippen LogP contribution in [0.1, 0.15) is 209 Å². The molecule has 0 unspecified atom stereocenters. The standard InChI is InChI=1S/4C10H21O.Zr/c4*1-10(2)8-6-4-3-5-7-9-11;/h4*10H,3-9H2,1-2H3;/q4*-1;+4. The third-order valence-electron chi connectivity index (χ3n) is 8.82. The van der Waals surface area contributed by atoms with Crippen molar-refractivity contribution in [2.75, 3.05) is 26.4 Å². The van der Waals surface area contributed by atoms with Crippen LogP contribution in [0.5, 0.6) is 0 Å². The zero-order valence-electron chi connectivity index (χ0n) is 32.2. The Morgan fingerprint density at radius 2 is 0.444 bits per heavy atom. The average molecular weight is 720 g/mol. The zero-order valence-corrected chi connectivity index (χ0v) is 34.7. The second-order valence-electron chi connectivity index (χ2n) is 15.7. The molecule has 0 atom stereocenters. The van der Waals surface area contributed by atoms with Crippen LogP contribution in [0, 0.1) is 23.7 Å². The Morgan fingerprint density at radius 3 is 0.644 bits per heavy atom. The maximum absolute atomic E-state index is 6.63. The molecule has 0 rings (SSSR count). The summed E-state index contributed by atoms with van der Waals surface area (Å²) in [6.45, 7) is 21.5. The molecule has 0 fully saturated rings. The van der Waals surface area contributed by atoms with Crippen LogP contribution in [-0.2, 0) is 33.3 Å². The second-order valence-corrected chi connectivity index (χ2v) is 21.0. The summed E-state index contributed by atoms with van der Waals surface area (Å²) in [4.78, 5) is 0. The van der Waals surface area contributed by atoms with Crippen molar-refractivity contribution in [2.24, 2.45) is 23.7 Å². The Bertz CT molecular complexity index is 479. The van der Waals surface area contributed by atoms with Gasteiger partial charge >= 0.3 is 293 Å². The van der Waals surface area contributed by atoms with Gasteiger partial charge in [0.2, 0.25) is 0 Å². The Hall–Kier alpha value is 0.723. The molecule has 0 aliphatic heterocycles. The maximum atomic E-state index is 6.63. The van der Waals surface area contributed by atoms with Crippen molar-refractivity contribution in [2.45, 2.75) is 209 Å². The normalized spacial score (nSPS) is 12.5. The number of rotatable bonds is 36. The van der Waals surface area contributed by atoms with E-state index in [1.807, 2.05) is 0 Å². The fourth-order valence-corrected chi connectivity index (χ4v) is 10.9. The van der Waals surface area contributed by atoms with Crippen LogP contribution in [0.4, 0.5) is 0 Å². The van der Waals surface area contributed by atoms with Crippen molar-refractivity contribution in [1.82, 2.24) is 0 Å². The molecular weight excluding hydrogens is 636 g/mol. The van der Waals surface area contributed by atoms with Crippen LogP contribution in [-0.4, -0.2) is 26.4 Å². The van der Waals surface area contributed by atoms with Gasteiger partial charge in [0, 0.05) is 0 Å². The first-order valence-electron chi connectivity index (χ1n) is 20.2. The van der Waals surface area contributed by atoms with Gasteiger partial charge in [0.1, 0.15) is 0 Å². The Kier molecular flexibility index (Phi) is 33.8. The summed E-state index contributed by atoms with van der Waals surface area (Å²) in [6.07, 6.45) is 30.5. The summed E-state index contributed by atoms with van der Waals surface area (Å²) in [5.41, 5.74) is 0. The van der Waals surface area contributed by atoms with Gasteiger partial charge in [0.15, 0.2) is 0 Å². The molecule has 0 amide bonds. The van der Waals surface area contributed by atoms with Crippen LogP contribution in [0.15, 0.2) is 0 Å². The predicted octanol–water partition coefficient (Wildman–Crippen LogP) is 13.9. The third kappa shape index (κ3) is 34.4. The molecule has 45 heavy (non-hydrogen) atoms. The van der Waals surface area contributed by atoms with Crippen molar-refractivity contribution in [3.8, 4) is 0 Å². The minimum atomic E-state index is -4.09. The SMILES string of the molecule is CC(C)CCCCCCC[O][Zr]([O]CCCCCCCC(C)C)([O]CCCCCCCC(C)C)[O]CCCCCCCC(C)C. The molecule has 0 saturated carbocycles. The Labute approximate surface area is 291 Å². The molecule has 0 aromatic carbocycles. The van der Waals surface area contributed by atoms with Crippen molar-refractivity contribution in [1.29, 1.82) is 0 Å². The van der Waals surface area contributed by atoms with Gasteiger partial charge in [0.25, 0.3) is 0 Å². The van der Waals surface area contributed by atoms with Gasteiger partial charge < -0.3 is 0 Å². The Morgan fingerprint density at radius 1 is 0.267 bits per heavy atom. The fourth-order valence-electron chi connectivity index (χ4n) is 5.78. The molecule has 0 aromatic heterocycles. The molecule has 0 saturated heterocycles. The van der Waals surface area contributed by atoms with Gasteiger partial charge in [-0.15, -0.1) is 0 Å². The van der Waals surface area contributed by atoms with Gasteiger partial charge in [-0.2, -0.15) is 0 Å². The number of unbranched alkanes of at least 4 members (excludes halogenated alkanes) is 16. The van der Waals surface area contributed by atoms with E-state index in [-0.39, 0.29) is 0 Å². The van der Waals surface area contributed by atoms with Gasteiger partial charge in [0.05, 0.1) is 0 Å². The first kappa shape index (κ1) is 45.7. The fraction of sp³-hybridized carbons (Fsp3) is 1.00. The molecule has 0 spiro atoms. The van der Waals surface area contributed by atoms with E-state index in [2.05, 4.69) is 55.4 Å². The summed E-state index contributed by atoms with van der Waals surface area (Å²) in [6, 6.07) is 0. The summed E-state index contributed by atoms with van der Waals surface area (Å²) < 4.78 is 26.5. The summed E-state index contributed by atoms with van der Waals surface area (Å²) >= 11 is -4.09. The molecule has 0 radical (unpaired) electrons. The van der Waals surface area contributed by atoms with E-state index in [1.54, 1.807) is 0 Å². The van der Waals surface area contributed by atoms with Crippen molar-refractivity contribution in [3.63, 3.8) is 0 Å². The van der Waals surface area contributed by atoms with Crippen LogP contribution < -0.4 is 0 Å².